The molecule has 0 aliphatic rings. The Morgan fingerprint density at radius 1 is 0.612 bits per heavy atom. The maximum absolute atomic E-state index is 10.9. The van der Waals surface area contributed by atoms with Crippen LogP contribution < -0.4 is 0 Å². The molecule has 0 amide bonds. The van der Waals surface area contributed by atoms with Crippen molar-refractivity contribution in [1.29, 1.82) is 0 Å². The third-order valence-electron chi connectivity index (χ3n) is 8.87. The second-order valence-electron chi connectivity index (χ2n) is 13.0. The Morgan fingerprint density at radius 2 is 1.31 bits per heavy atom. The van der Waals surface area contributed by atoms with Crippen LogP contribution in [0.3, 0.4) is 0 Å². The van der Waals surface area contributed by atoms with Crippen molar-refractivity contribution in [1.82, 2.24) is 19.5 Å². The average molecular weight is 817 g/mol. The number of phenols is 1. The van der Waals surface area contributed by atoms with Gasteiger partial charge in [0.15, 0.2) is 0 Å². The van der Waals surface area contributed by atoms with Crippen molar-refractivity contribution in [3.8, 4) is 56.3 Å². The summed E-state index contributed by atoms with van der Waals surface area (Å²) in [5.41, 5.74) is 10.8. The topological polar surface area (TPSA) is 63.8 Å². The smallest absolute Gasteiger partial charge is 0.145 e. The van der Waals surface area contributed by atoms with Crippen LogP contribution in [0.5, 0.6) is 5.75 Å². The molecule has 8 rings (SSSR count). The maximum atomic E-state index is 10.9. The molecular formula is C43H33N4OPt-. The van der Waals surface area contributed by atoms with Crippen LogP contribution in [0.2, 0.25) is 0 Å². The van der Waals surface area contributed by atoms with E-state index in [9.17, 15) is 5.11 Å². The molecule has 0 aliphatic carbocycles. The normalized spacial score (nSPS) is 11.5. The first-order valence-corrected chi connectivity index (χ1v) is 16.1. The zero-order valence-corrected chi connectivity index (χ0v) is 29.6. The van der Waals surface area contributed by atoms with Crippen LogP contribution in [0.15, 0.2) is 140 Å². The summed E-state index contributed by atoms with van der Waals surface area (Å²) < 4.78 is 2.24. The Bertz CT molecular complexity index is 2420. The van der Waals surface area contributed by atoms with Crippen LogP contribution in [0.1, 0.15) is 26.3 Å². The number of hydrogen-bond acceptors (Lipinski definition) is 4. The molecule has 0 saturated heterocycles. The summed E-state index contributed by atoms with van der Waals surface area (Å²) in [6.07, 6.45) is 3.71. The van der Waals surface area contributed by atoms with E-state index in [1.165, 1.54) is 5.56 Å². The van der Waals surface area contributed by atoms with Gasteiger partial charge >= 0.3 is 0 Å². The molecule has 0 atom stereocenters. The Labute approximate surface area is 300 Å². The van der Waals surface area contributed by atoms with Crippen LogP contribution >= 0.6 is 0 Å². The van der Waals surface area contributed by atoms with Crippen LogP contribution in [0, 0.1) is 6.07 Å². The molecule has 0 aliphatic heterocycles. The summed E-state index contributed by atoms with van der Waals surface area (Å²) in [6, 6.07) is 46.3. The van der Waals surface area contributed by atoms with Crippen molar-refractivity contribution >= 4 is 21.9 Å². The van der Waals surface area contributed by atoms with E-state index in [0.717, 1.165) is 61.3 Å². The molecule has 5 nitrogen and oxygen atoms in total. The van der Waals surface area contributed by atoms with Gasteiger partial charge in [0.25, 0.3) is 0 Å². The maximum Gasteiger partial charge on any atom is 0.145 e. The molecule has 4 aromatic heterocycles. The van der Waals surface area contributed by atoms with Gasteiger partial charge in [-0.05, 0) is 65.1 Å². The molecule has 4 aromatic carbocycles. The SMILES string of the molecule is CC(C)(C)c1ccnc(-c2[c-]c(-c3cc(-c4ccccc4-n4c5ccccc5c5cccnc54)cc(-c4ccccc4O)n3)ccc2)c1.[Pt]. The van der Waals surface area contributed by atoms with Gasteiger partial charge in [0.1, 0.15) is 11.4 Å². The van der Waals surface area contributed by atoms with E-state index >= 15 is 0 Å². The molecule has 0 bridgehead atoms. The summed E-state index contributed by atoms with van der Waals surface area (Å²) in [4.78, 5) is 14.6. The quantitative estimate of drug-likeness (QED) is 0.176. The van der Waals surface area contributed by atoms with E-state index in [-0.39, 0.29) is 32.2 Å². The fraction of sp³-hybridized carbons (Fsp3) is 0.0930. The standard InChI is InChI=1S/C43H33N4O.Pt/c1-43(2,3)31-21-23-44-36(27-31)28-12-10-13-29(24-28)37-25-30(26-38(46-37)35-16-6-9-20-41(35)48)32-14-4-7-18-39(32)47-40-19-8-5-15-33(40)34-17-11-22-45-42(34)47;/h4-23,25-27,48H,1-3H3;/q-1;. The minimum absolute atomic E-state index is 0. The van der Waals surface area contributed by atoms with E-state index in [1.54, 1.807) is 6.07 Å². The van der Waals surface area contributed by atoms with E-state index < -0.39 is 0 Å². The van der Waals surface area contributed by atoms with Gasteiger partial charge < -0.3 is 5.11 Å². The summed E-state index contributed by atoms with van der Waals surface area (Å²) in [5.74, 6) is 0.175. The molecule has 0 unspecified atom stereocenters. The second kappa shape index (κ2) is 12.9. The molecule has 4 heterocycles. The van der Waals surface area contributed by atoms with Gasteiger partial charge in [-0.25, -0.2) is 4.98 Å². The molecular weight excluding hydrogens is 784 g/mol. The Morgan fingerprint density at radius 3 is 2.12 bits per heavy atom. The van der Waals surface area contributed by atoms with Crippen molar-refractivity contribution in [3.05, 3.63) is 151 Å². The van der Waals surface area contributed by atoms with Gasteiger partial charge in [-0.3, -0.25) is 14.5 Å². The molecule has 8 aromatic rings. The van der Waals surface area contributed by atoms with Crippen molar-refractivity contribution in [2.75, 3.05) is 0 Å². The van der Waals surface area contributed by atoms with E-state index in [4.69, 9.17) is 15.0 Å². The van der Waals surface area contributed by atoms with Gasteiger partial charge in [-0.15, -0.1) is 24.3 Å². The molecule has 0 spiro atoms. The molecule has 0 fully saturated rings. The zero-order chi connectivity index (χ0) is 32.8. The largest absolute Gasteiger partial charge is 0.507 e. The predicted octanol–water partition coefficient (Wildman–Crippen LogP) is 10.4. The summed E-state index contributed by atoms with van der Waals surface area (Å²) in [6.45, 7) is 6.61. The number of fused-ring (bicyclic) bond motifs is 3. The second-order valence-corrected chi connectivity index (χ2v) is 13.0. The number of benzene rings is 4. The summed E-state index contributed by atoms with van der Waals surface area (Å²) in [7, 11) is 0. The molecule has 49 heavy (non-hydrogen) atoms. The van der Waals surface area contributed by atoms with Crippen molar-refractivity contribution in [2.24, 2.45) is 0 Å². The monoisotopic (exact) mass is 816 g/mol. The fourth-order valence-electron chi connectivity index (χ4n) is 6.42. The number of pyridine rings is 3. The van der Waals surface area contributed by atoms with Gasteiger partial charge in [-0.1, -0.05) is 92.6 Å². The first kappa shape index (κ1) is 32.2. The van der Waals surface area contributed by atoms with Crippen LogP contribution in [-0.2, 0) is 26.5 Å². The van der Waals surface area contributed by atoms with Crippen LogP contribution in [0.25, 0.3) is 72.5 Å². The van der Waals surface area contributed by atoms with Gasteiger partial charge in [0, 0.05) is 66.7 Å². The van der Waals surface area contributed by atoms with Crippen molar-refractivity contribution in [3.63, 3.8) is 0 Å². The number of para-hydroxylation sites is 3. The van der Waals surface area contributed by atoms with E-state index in [2.05, 4.69) is 110 Å². The van der Waals surface area contributed by atoms with Crippen molar-refractivity contribution < 1.29 is 26.2 Å². The van der Waals surface area contributed by atoms with E-state index in [1.807, 2.05) is 54.9 Å². The molecule has 242 valence electrons. The van der Waals surface area contributed by atoms with Gasteiger partial charge in [0.05, 0.1) is 16.9 Å². The predicted molar refractivity (Wildman–Crippen MR) is 195 cm³/mol. The molecule has 1 N–H and O–H groups in total. The summed E-state index contributed by atoms with van der Waals surface area (Å²) >= 11 is 0. The zero-order valence-electron chi connectivity index (χ0n) is 27.3. The minimum atomic E-state index is -0.00292. The van der Waals surface area contributed by atoms with Crippen LogP contribution in [-0.4, -0.2) is 24.6 Å². The fourth-order valence-corrected chi connectivity index (χ4v) is 6.42. The Hall–Kier alpha value is -5.38. The van der Waals surface area contributed by atoms with Gasteiger partial charge in [-0.2, -0.15) is 0 Å². The number of aromatic nitrogens is 4. The average Bonchev–Trinajstić information content (AvgIpc) is 3.46. The first-order chi connectivity index (χ1) is 23.3. The number of aromatic hydroxyl groups is 1. The third kappa shape index (κ3) is 5.96. The number of nitrogens with zero attached hydrogens (tertiary/aromatic N) is 4. The Balaban J connectivity index is 0.00000378. The number of rotatable bonds is 5. The minimum Gasteiger partial charge on any atom is -0.507 e. The molecule has 0 radical (unpaired) electrons. The Kier molecular flexibility index (Phi) is 8.48. The van der Waals surface area contributed by atoms with Gasteiger partial charge in [0.2, 0.25) is 0 Å². The summed E-state index contributed by atoms with van der Waals surface area (Å²) in [5, 5.41) is 13.2. The molecule has 6 heteroatoms. The van der Waals surface area contributed by atoms with E-state index in [0.29, 0.717) is 11.3 Å². The number of hydrogen-bond donors (Lipinski definition) is 1. The number of phenolic OH excluding ortho intramolecular Hbond substituents is 1. The third-order valence-corrected chi connectivity index (χ3v) is 8.87. The molecule has 0 saturated carbocycles. The van der Waals surface area contributed by atoms with Crippen LogP contribution in [0.4, 0.5) is 0 Å². The first-order valence-electron chi connectivity index (χ1n) is 16.1. The van der Waals surface area contributed by atoms with Crippen molar-refractivity contribution in [2.45, 2.75) is 26.2 Å².